The lowest BCUT2D eigenvalue weighted by Gasteiger charge is -2.28. The number of rotatable bonds is 4. The van der Waals surface area contributed by atoms with E-state index in [0.717, 1.165) is 57.5 Å². The molecule has 1 aliphatic rings. The minimum Gasteiger partial charge on any atom is -0.302 e. The minimum atomic E-state index is 0.624. The Morgan fingerprint density at radius 2 is 1.90 bits per heavy atom. The quantitative estimate of drug-likeness (QED) is 0.453. The summed E-state index contributed by atoms with van der Waals surface area (Å²) < 4.78 is 0. The van der Waals surface area contributed by atoms with E-state index < -0.39 is 0 Å². The van der Waals surface area contributed by atoms with Crippen LogP contribution in [-0.2, 0) is 18.7 Å². The van der Waals surface area contributed by atoms with Gasteiger partial charge in [-0.3, -0.25) is 0 Å². The molecule has 0 fully saturated rings. The molecule has 1 aliphatic heterocycles. The van der Waals surface area contributed by atoms with E-state index in [-0.39, 0.29) is 0 Å². The second-order valence-corrected chi connectivity index (χ2v) is 8.89. The molecule has 3 nitrogen and oxygen atoms in total. The SMILES string of the molecule is CN1CCc2nc(SCc3ccccc3Cl)c(C#N)c(-c3ccc(Cl)cc3)c2C1. The van der Waals surface area contributed by atoms with Gasteiger partial charge in [-0.2, -0.15) is 5.26 Å². The summed E-state index contributed by atoms with van der Waals surface area (Å²) in [5.41, 5.74) is 5.85. The van der Waals surface area contributed by atoms with Crippen molar-refractivity contribution in [3.63, 3.8) is 0 Å². The summed E-state index contributed by atoms with van der Waals surface area (Å²) in [6.45, 7) is 1.74. The maximum Gasteiger partial charge on any atom is 0.115 e. The fraction of sp³-hybridized carbons (Fsp3) is 0.217. The predicted molar refractivity (Wildman–Crippen MR) is 120 cm³/mol. The van der Waals surface area contributed by atoms with Gasteiger partial charge in [0.1, 0.15) is 11.1 Å². The van der Waals surface area contributed by atoms with E-state index in [2.05, 4.69) is 18.0 Å². The first kappa shape index (κ1) is 20.3. The molecular weight excluding hydrogens is 421 g/mol. The van der Waals surface area contributed by atoms with Crippen LogP contribution in [0, 0.1) is 11.3 Å². The second kappa shape index (κ2) is 8.77. The summed E-state index contributed by atoms with van der Waals surface area (Å²) in [6, 6.07) is 17.9. The molecule has 0 N–H and O–H groups in total. The first-order valence-corrected chi connectivity index (χ1v) is 11.1. The molecule has 0 atom stereocenters. The number of hydrogen-bond acceptors (Lipinski definition) is 4. The van der Waals surface area contributed by atoms with Crippen LogP contribution in [0.3, 0.4) is 0 Å². The fourth-order valence-corrected chi connectivity index (χ4v) is 4.99. The topological polar surface area (TPSA) is 39.9 Å². The van der Waals surface area contributed by atoms with Crippen LogP contribution in [0.4, 0.5) is 0 Å². The average Bonchev–Trinajstić information content (AvgIpc) is 2.73. The summed E-state index contributed by atoms with van der Waals surface area (Å²) in [7, 11) is 2.10. The minimum absolute atomic E-state index is 0.624. The highest BCUT2D eigenvalue weighted by molar-refractivity contribution is 7.98. The third-order valence-electron chi connectivity index (χ3n) is 5.08. The molecule has 0 spiro atoms. The van der Waals surface area contributed by atoms with Crippen molar-refractivity contribution in [2.24, 2.45) is 0 Å². The van der Waals surface area contributed by atoms with E-state index in [4.69, 9.17) is 28.2 Å². The van der Waals surface area contributed by atoms with Crippen molar-refractivity contribution in [3.05, 3.63) is 81.0 Å². The Morgan fingerprint density at radius 1 is 1.14 bits per heavy atom. The zero-order valence-electron chi connectivity index (χ0n) is 16.0. The molecule has 0 amide bonds. The van der Waals surface area contributed by atoms with Crippen molar-refractivity contribution < 1.29 is 0 Å². The lowest BCUT2D eigenvalue weighted by Crippen LogP contribution is -2.28. The lowest BCUT2D eigenvalue weighted by atomic mass is 9.92. The van der Waals surface area contributed by atoms with Gasteiger partial charge < -0.3 is 4.90 Å². The standard InChI is InChI=1S/C23H19Cl2N3S/c1-28-11-10-21-19(13-28)22(15-6-8-17(24)9-7-15)18(12-26)23(27-21)29-14-16-4-2-3-5-20(16)25/h2-9H,10-11,13-14H2,1H3. The first-order chi connectivity index (χ1) is 14.1. The number of thioether (sulfide) groups is 1. The van der Waals surface area contributed by atoms with Crippen molar-refractivity contribution in [2.45, 2.75) is 23.7 Å². The number of nitrogens with zero attached hydrogens (tertiary/aromatic N) is 3. The van der Waals surface area contributed by atoms with E-state index in [1.807, 2.05) is 48.5 Å². The summed E-state index contributed by atoms with van der Waals surface area (Å²) >= 11 is 14.0. The zero-order chi connectivity index (χ0) is 20.4. The highest BCUT2D eigenvalue weighted by Gasteiger charge is 2.25. The Kier molecular flexibility index (Phi) is 6.12. The number of halogens is 2. The summed E-state index contributed by atoms with van der Waals surface area (Å²) in [5, 5.41) is 12.2. The summed E-state index contributed by atoms with van der Waals surface area (Å²) in [4.78, 5) is 7.18. The number of aromatic nitrogens is 1. The zero-order valence-corrected chi connectivity index (χ0v) is 18.3. The van der Waals surface area contributed by atoms with Gasteiger partial charge in [0.2, 0.25) is 0 Å². The molecule has 0 aliphatic carbocycles. The van der Waals surface area contributed by atoms with Crippen LogP contribution in [-0.4, -0.2) is 23.5 Å². The van der Waals surface area contributed by atoms with Gasteiger partial charge in [0.05, 0.1) is 5.56 Å². The first-order valence-electron chi connectivity index (χ1n) is 9.33. The Balaban J connectivity index is 1.82. The summed E-state index contributed by atoms with van der Waals surface area (Å²) in [5.74, 6) is 0.667. The van der Waals surface area contributed by atoms with Crippen LogP contribution in [0.5, 0.6) is 0 Å². The van der Waals surface area contributed by atoms with Gasteiger partial charge in [0.15, 0.2) is 0 Å². The Labute approximate surface area is 185 Å². The summed E-state index contributed by atoms with van der Waals surface area (Å²) in [6.07, 6.45) is 0.873. The molecule has 4 rings (SSSR count). The van der Waals surface area contributed by atoms with Crippen molar-refractivity contribution in [3.8, 4) is 17.2 Å². The highest BCUT2D eigenvalue weighted by Crippen LogP contribution is 2.38. The number of likely N-dealkylation sites (N-methyl/N-ethyl adjacent to an activating group) is 1. The van der Waals surface area contributed by atoms with Gasteiger partial charge >= 0.3 is 0 Å². The van der Waals surface area contributed by atoms with E-state index in [1.165, 1.54) is 0 Å². The molecule has 29 heavy (non-hydrogen) atoms. The smallest absolute Gasteiger partial charge is 0.115 e. The maximum absolute atomic E-state index is 10.1. The van der Waals surface area contributed by atoms with Gasteiger partial charge in [-0.15, -0.1) is 11.8 Å². The van der Waals surface area contributed by atoms with Crippen LogP contribution in [0.15, 0.2) is 53.6 Å². The Hall–Kier alpha value is -2.03. The molecule has 0 radical (unpaired) electrons. The molecule has 0 bridgehead atoms. The highest BCUT2D eigenvalue weighted by atomic mass is 35.5. The molecular formula is C23H19Cl2N3S. The number of benzene rings is 2. The van der Waals surface area contributed by atoms with Crippen molar-refractivity contribution >= 4 is 35.0 Å². The average molecular weight is 440 g/mol. The molecule has 1 aromatic heterocycles. The third-order valence-corrected chi connectivity index (χ3v) is 6.72. The molecule has 2 heterocycles. The number of nitriles is 1. The van der Waals surface area contributed by atoms with E-state index in [1.54, 1.807) is 11.8 Å². The van der Waals surface area contributed by atoms with Gasteiger partial charge in [0, 0.05) is 46.6 Å². The molecule has 0 saturated carbocycles. The Morgan fingerprint density at radius 3 is 2.62 bits per heavy atom. The number of pyridine rings is 1. The molecule has 0 unspecified atom stereocenters. The van der Waals surface area contributed by atoms with Crippen molar-refractivity contribution in [1.29, 1.82) is 5.26 Å². The lowest BCUT2D eigenvalue weighted by molar-refractivity contribution is 0.309. The van der Waals surface area contributed by atoms with Crippen molar-refractivity contribution in [1.82, 2.24) is 9.88 Å². The third kappa shape index (κ3) is 4.29. The van der Waals surface area contributed by atoms with E-state index in [0.29, 0.717) is 16.3 Å². The number of fused-ring (bicyclic) bond motifs is 1. The van der Waals surface area contributed by atoms with Crippen molar-refractivity contribution in [2.75, 3.05) is 13.6 Å². The normalized spacial score (nSPS) is 13.7. The maximum atomic E-state index is 10.1. The van der Waals surface area contributed by atoms with Gasteiger partial charge in [-0.05, 0) is 41.9 Å². The predicted octanol–water partition coefficient (Wildman–Crippen LogP) is 6.21. The van der Waals surface area contributed by atoms with Gasteiger partial charge in [-0.1, -0.05) is 53.5 Å². The fourth-order valence-electron chi connectivity index (χ4n) is 3.58. The van der Waals surface area contributed by atoms with Crippen LogP contribution in [0.2, 0.25) is 10.0 Å². The van der Waals surface area contributed by atoms with Gasteiger partial charge in [0.25, 0.3) is 0 Å². The molecule has 0 saturated heterocycles. The molecule has 2 aromatic carbocycles. The van der Waals surface area contributed by atoms with E-state index >= 15 is 0 Å². The number of hydrogen-bond donors (Lipinski definition) is 0. The van der Waals surface area contributed by atoms with Crippen LogP contribution in [0.25, 0.3) is 11.1 Å². The second-order valence-electron chi connectivity index (χ2n) is 7.08. The molecule has 3 aromatic rings. The van der Waals surface area contributed by atoms with E-state index in [9.17, 15) is 5.26 Å². The monoisotopic (exact) mass is 439 g/mol. The van der Waals surface area contributed by atoms with Crippen LogP contribution >= 0.6 is 35.0 Å². The Bertz CT molecular complexity index is 1090. The largest absolute Gasteiger partial charge is 0.302 e. The molecule has 146 valence electrons. The van der Waals surface area contributed by atoms with Gasteiger partial charge in [-0.25, -0.2) is 4.98 Å². The van der Waals surface area contributed by atoms with Crippen LogP contribution < -0.4 is 0 Å². The molecule has 6 heteroatoms. The van der Waals surface area contributed by atoms with Crippen LogP contribution in [0.1, 0.15) is 22.4 Å².